The zero-order valence-electron chi connectivity index (χ0n) is 14.5. The lowest BCUT2D eigenvalue weighted by Gasteiger charge is -2.35. The van der Waals surface area contributed by atoms with Gasteiger partial charge in [-0.2, -0.15) is 0 Å². The predicted molar refractivity (Wildman–Crippen MR) is 95.6 cm³/mol. The Labute approximate surface area is 140 Å². The van der Waals surface area contributed by atoms with Crippen LogP contribution < -0.4 is 0 Å². The molecule has 0 heterocycles. The van der Waals surface area contributed by atoms with Crippen molar-refractivity contribution in [1.82, 2.24) is 0 Å². The quantitative estimate of drug-likeness (QED) is 0.578. The SMILES string of the molecule is CCC[C@](CC(c1ccccc1)c1ccccc1)(OC)OCC. The van der Waals surface area contributed by atoms with Gasteiger partial charge in [0.1, 0.15) is 0 Å². The fourth-order valence-electron chi connectivity index (χ4n) is 3.23. The van der Waals surface area contributed by atoms with Crippen molar-refractivity contribution in [3.8, 4) is 0 Å². The number of methoxy groups -OCH3 is 1. The van der Waals surface area contributed by atoms with E-state index < -0.39 is 5.79 Å². The van der Waals surface area contributed by atoms with E-state index >= 15 is 0 Å². The fraction of sp³-hybridized carbons (Fsp3) is 0.429. The molecule has 0 bridgehead atoms. The smallest absolute Gasteiger partial charge is 0.168 e. The Balaban J connectivity index is 2.37. The summed E-state index contributed by atoms with van der Waals surface area (Å²) in [7, 11) is 1.76. The number of ether oxygens (including phenoxy) is 2. The maximum atomic E-state index is 6.07. The van der Waals surface area contributed by atoms with Gasteiger partial charge in [-0.1, -0.05) is 74.0 Å². The summed E-state index contributed by atoms with van der Waals surface area (Å²) in [4.78, 5) is 0. The highest BCUT2D eigenvalue weighted by Crippen LogP contribution is 2.37. The first-order valence-corrected chi connectivity index (χ1v) is 8.53. The Morgan fingerprint density at radius 3 is 1.78 bits per heavy atom. The molecule has 0 spiro atoms. The molecule has 2 rings (SSSR count). The van der Waals surface area contributed by atoms with Gasteiger partial charge in [0.2, 0.25) is 0 Å². The number of rotatable bonds is 9. The van der Waals surface area contributed by atoms with E-state index in [0.717, 1.165) is 19.3 Å². The molecule has 0 N–H and O–H groups in total. The Bertz CT molecular complexity index is 505. The van der Waals surface area contributed by atoms with Crippen LogP contribution in [-0.2, 0) is 9.47 Å². The van der Waals surface area contributed by atoms with E-state index in [1.807, 2.05) is 6.92 Å². The first-order valence-electron chi connectivity index (χ1n) is 8.53. The highest BCUT2D eigenvalue weighted by Gasteiger charge is 2.34. The van der Waals surface area contributed by atoms with Gasteiger partial charge in [0.05, 0.1) is 0 Å². The normalized spacial score (nSPS) is 13.9. The minimum atomic E-state index is -0.528. The van der Waals surface area contributed by atoms with Gasteiger partial charge in [0.15, 0.2) is 5.79 Å². The first-order chi connectivity index (χ1) is 11.2. The lowest BCUT2D eigenvalue weighted by atomic mass is 9.84. The number of hydrogen-bond donors (Lipinski definition) is 0. The third-order valence-corrected chi connectivity index (χ3v) is 4.33. The average Bonchev–Trinajstić information content (AvgIpc) is 2.61. The highest BCUT2D eigenvalue weighted by molar-refractivity contribution is 5.32. The molecule has 0 unspecified atom stereocenters. The second-order valence-corrected chi connectivity index (χ2v) is 5.88. The minimum absolute atomic E-state index is 0.260. The molecule has 0 fully saturated rings. The lowest BCUT2D eigenvalue weighted by Crippen LogP contribution is -2.37. The summed E-state index contributed by atoms with van der Waals surface area (Å²) in [5.41, 5.74) is 2.60. The Kier molecular flexibility index (Phi) is 6.82. The predicted octanol–water partition coefficient (Wildman–Crippen LogP) is 5.39. The number of benzene rings is 2. The molecule has 2 heteroatoms. The van der Waals surface area contributed by atoms with Gasteiger partial charge in [-0.3, -0.25) is 0 Å². The zero-order valence-corrected chi connectivity index (χ0v) is 14.5. The van der Waals surface area contributed by atoms with Crippen molar-refractivity contribution < 1.29 is 9.47 Å². The van der Waals surface area contributed by atoms with E-state index in [4.69, 9.17) is 9.47 Å². The summed E-state index contributed by atoms with van der Waals surface area (Å²) in [6, 6.07) is 21.3. The first kappa shape index (κ1) is 17.7. The molecule has 0 aliphatic rings. The van der Waals surface area contributed by atoms with Crippen LogP contribution in [0.3, 0.4) is 0 Å². The third-order valence-electron chi connectivity index (χ3n) is 4.33. The van der Waals surface area contributed by atoms with Crippen molar-refractivity contribution in [2.45, 2.75) is 44.8 Å². The summed E-state index contributed by atoms with van der Waals surface area (Å²) in [6.45, 7) is 4.86. The Hall–Kier alpha value is -1.64. The van der Waals surface area contributed by atoms with E-state index in [1.165, 1.54) is 11.1 Å². The van der Waals surface area contributed by atoms with Gasteiger partial charge in [-0.25, -0.2) is 0 Å². The molecule has 2 aromatic rings. The molecule has 124 valence electrons. The number of hydrogen-bond acceptors (Lipinski definition) is 2. The fourth-order valence-corrected chi connectivity index (χ4v) is 3.23. The third kappa shape index (κ3) is 4.66. The molecule has 0 aromatic heterocycles. The van der Waals surface area contributed by atoms with E-state index in [0.29, 0.717) is 6.61 Å². The topological polar surface area (TPSA) is 18.5 Å². The van der Waals surface area contributed by atoms with Crippen LogP contribution >= 0.6 is 0 Å². The maximum Gasteiger partial charge on any atom is 0.168 e. The molecule has 2 nitrogen and oxygen atoms in total. The van der Waals surface area contributed by atoms with Gasteiger partial charge in [0, 0.05) is 32.5 Å². The van der Waals surface area contributed by atoms with Crippen LogP contribution in [0.15, 0.2) is 60.7 Å². The molecular weight excluding hydrogens is 284 g/mol. The van der Waals surface area contributed by atoms with Crippen molar-refractivity contribution in [2.75, 3.05) is 13.7 Å². The Morgan fingerprint density at radius 2 is 1.39 bits per heavy atom. The summed E-state index contributed by atoms with van der Waals surface area (Å²) >= 11 is 0. The molecule has 0 amide bonds. The average molecular weight is 312 g/mol. The summed E-state index contributed by atoms with van der Waals surface area (Å²) in [6.07, 6.45) is 2.75. The molecular formula is C21H28O2. The highest BCUT2D eigenvalue weighted by atomic mass is 16.7. The van der Waals surface area contributed by atoms with Crippen LogP contribution in [0.25, 0.3) is 0 Å². The molecule has 0 radical (unpaired) electrons. The van der Waals surface area contributed by atoms with Crippen LogP contribution in [0.5, 0.6) is 0 Å². The monoisotopic (exact) mass is 312 g/mol. The van der Waals surface area contributed by atoms with E-state index in [1.54, 1.807) is 7.11 Å². The van der Waals surface area contributed by atoms with Crippen LogP contribution in [0.2, 0.25) is 0 Å². The van der Waals surface area contributed by atoms with Crippen LogP contribution in [-0.4, -0.2) is 19.5 Å². The molecule has 0 saturated heterocycles. The molecule has 0 aliphatic carbocycles. The molecule has 1 atom stereocenters. The second kappa shape index (κ2) is 8.85. The van der Waals surface area contributed by atoms with E-state index in [9.17, 15) is 0 Å². The summed E-state index contributed by atoms with van der Waals surface area (Å²) < 4.78 is 11.9. The zero-order chi connectivity index (χ0) is 16.5. The molecule has 2 aromatic carbocycles. The van der Waals surface area contributed by atoms with Gasteiger partial charge < -0.3 is 9.47 Å². The van der Waals surface area contributed by atoms with E-state index in [-0.39, 0.29) is 5.92 Å². The second-order valence-electron chi connectivity index (χ2n) is 5.88. The van der Waals surface area contributed by atoms with Crippen LogP contribution in [0.1, 0.15) is 50.2 Å². The largest absolute Gasteiger partial charge is 0.353 e. The maximum absolute atomic E-state index is 6.07. The lowest BCUT2D eigenvalue weighted by molar-refractivity contribution is -0.229. The Morgan fingerprint density at radius 1 is 0.870 bits per heavy atom. The van der Waals surface area contributed by atoms with E-state index in [2.05, 4.69) is 67.6 Å². The van der Waals surface area contributed by atoms with Crippen molar-refractivity contribution >= 4 is 0 Å². The van der Waals surface area contributed by atoms with Crippen molar-refractivity contribution in [3.63, 3.8) is 0 Å². The van der Waals surface area contributed by atoms with Gasteiger partial charge in [-0.15, -0.1) is 0 Å². The van der Waals surface area contributed by atoms with Crippen LogP contribution in [0, 0.1) is 0 Å². The summed E-state index contributed by atoms with van der Waals surface area (Å²) in [5, 5.41) is 0. The van der Waals surface area contributed by atoms with Crippen molar-refractivity contribution in [3.05, 3.63) is 71.8 Å². The van der Waals surface area contributed by atoms with Crippen LogP contribution in [0.4, 0.5) is 0 Å². The molecule has 23 heavy (non-hydrogen) atoms. The van der Waals surface area contributed by atoms with Gasteiger partial charge in [-0.05, 0) is 18.1 Å². The van der Waals surface area contributed by atoms with Crippen molar-refractivity contribution in [2.24, 2.45) is 0 Å². The minimum Gasteiger partial charge on any atom is -0.353 e. The standard InChI is InChI=1S/C21H28O2/c1-4-16-21(22-3,23-5-2)17-20(18-12-8-6-9-13-18)19-14-10-7-11-15-19/h6-15,20H,4-5,16-17H2,1-3H3/t21-/m0/s1. The van der Waals surface area contributed by atoms with Gasteiger partial charge >= 0.3 is 0 Å². The van der Waals surface area contributed by atoms with Gasteiger partial charge in [0.25, 0.3) is 0 Å². The molecule has 0 saturated carbocycles. The summed E-state index contributed by atoms with van der Waals surface area (Å²) in [5.74, 6) is -0.268. The van der Waals surface area contributed by atoms with Crippen molar-refractivity contribution in [1.29, 1.82) is 0 Å². The molecule has 0 aliphatic heterocycles.